The summed E-state index contributed by atoms with van der Waals surface area (Å²) in [6, 6.07) is 17.8. The summed E-state index contributed by atoms with van der Waals surface area (Å²) < 4.78 is 0. The zero-order valence-corrected chi connectivity index (χ0v) is 14.7. The summed E-state index contributed by atoms with van der Waals surface area (Å²) in [5, 5.41) is 16.1. The van der Waals surface area contributed by atoms with Crippen LogP contribution in [0.15, 0.2) is 54.6 Å². The summed E-state index contributed by atoms with van der Waals surface area (Å²) >= 11 is 6.21. The summed E-state index contributed by atoms with van der Waals surface area (Å²) in [5.41, 5.74) is 3.67. The molecule has 2 N–H and O–H groups in total. The van der Waals surface area contributed by atoms with Crippen molar-refractivity contribution in [1.82, 2.24) is 10.3 Å². The van der Waals surface area contributed by atoms with E-state index in [-0.39, 0.29) is 6.04 Å². The molecule has 2 atom stereocenters. The maximum Gasteiger partial charge on any atom is 0.0950 e. The third kappa shape index (κ3) is 3.40. The van der Waals surface area contributed by atoms with Gasteiger partial charge in [0.05, 0.1) is 17.3 Å². The van der Waals surface area contributed by atoms with E-state index in [2.05, 4.69) is 5.32 Å². The van der Waals surface area contributed by atoms with Gasteiger partial charge in [-0.2, -0.15) is 0 Å². The van der Waals surface area contributed by atoms with Gasteiger partial charge in [-0.1, -0.05) is 48.4 Å². The number of aliphatic hydroxyl groups excluding tert-OH is 1. The van der Waals surface area contributed by atoms with Crippen LogP contribution in [-0.4, -0.2) is 22.7 Å². The lowest BCUT2D eigenvalue weighted by Crippen LogP contribution is -2.38. The average molecular weight is 353 g/mol. The number of nitrogens with one attached hydrogen (secondary N) is 1. The summed E-state index contributed by atoms with van der Waals surface area (Å²) in [6.07, 6.45) is 2.71. The minimum absolute atomic E-state index is 0.0713. The summed E-state index contributed by atoms with van der Waals surface area (Å²) in [6.45, 7) is 0.955. The Bertz CT molecular complexity index is 876. The minimum atomic E-state index is -0.577. The van der Waals surface area contributed by atoms with Gasteiger partial charge in [0, 0.05) is 22.0 Å². The fraction of sp³-hybridized carbons (Fsp3) is 0.286. The van der Waals surface area contributed by atoms with Gasteiger partial charge in [0.25, 0.3) is 0 Å². The lowest BCUT2D eigenvalue weighted by Gasteiger charge is -2.29. The molecule has 2 aromatic carbocycles. The molecule has 0 radical (unpaired) electrons. The third-order valence-electron chi connectivity index (χ3n) is 4.92. The van der Waals surface area contributed by atoms with E-state index in [0.29, 0.717) is 5.02 Å². The van der Waals surface area contributed by atoms with E-state index in [0.717, 1.165) is 47.1 Å². The molecule has 0 bridgehead atoms. The van der Waals surface area contributed by atoms with Crippen LogP contribution in [0.5, 0.6) is 0 Å². The molecule has 1 aliphatic rings. The van der Waals surface area contributed by atoms with Crippen LogP contribution < -0.4 is 5.32 Å². The molecule has 3 aromatic rings. The topological polar surface area (TPSA) is 45.2 Å². The summed E-state index contributed by atoms with van der Waals surface area (Å²) in [4.78, 5) is 4.78. The van der Waals surface area contributed by atoms with Crippen molar-refractivity contribution in [2.24, 2.45) is 0 Å². The van der Waals surface area contributed by atoms with Crippen LogP contribution in [0.2, 0.25) is 5.02 Å². The quantitative estimate of drug-likeness (QED) is 0.716. The molecule has 0 amide bonds. The molecule has 0 spiro atoms. The van der Waals surface area contributed by atoms with E-state index in [1.165, 1.54) is 6.42 Å². The van der Waals surface area contributed by atoms with E-state index in [1.54, 1.807) is 0 Å². The number of piperidine rings is 1. The highest BCUT2D eigenvalue weighted by Crippen LogP contribution is 2.33. The van der Waals surface area contributed by atoms with Crippen molar-refractivity contribution >= 4 is 22.5 Å². The Labute approximate surface area is 152 Å². The second kappa shape index (κ2) is 7.12. The number of pyridine rings is 1. The van der Waals surface area contributed by atoms with E-state index < -0.39 is 6.10 Å². The van der Waals surface area contributed by atoms with Crippen LogP contribution in [0, 0.1) is 0 Å². The van der Waals surface area contributed by atoms with Gasteiger partial charge in [-0.3, -0.25) is 0 Å². The molecule has 25 heavy (non-hydrogen) atoms. The molecule has 3 nitrogen and oxygen atoms in total. The van der Waals surface area contributed by atoms with E-state index >= 15 is 0 Å². The monoisotopic (exact) mass is 352 g/mol. The molecule has 4 rings (SSSR count). The molecule has 1 saturated heterocycles. The van der Waals surface area contributed by atoms with Crippen molar-refractivity contribution in [2.75, 3.05) is 6.54 Å². The average Bonchev–Trinajstić information content (AvgIpc) is 2.68. The highest BCUT2D eigenvalue weighted by atomic mass is 35.5. The number of hydrogen-bond acceptors (Lipinski definition) is 3. The van der Waals surface area contributed by atoms with Crippen LogP contribution in [-0.2, 0) is 0 Å². The van der Waals surface area contributed by atoms with Crippen molar-refractivity contribution in [2.45, 2.75) is 31.4 Å². The van der Waals surface area contributed by atoms with E-state index in [1.807, 2.05) is 54.6 Å². The largest absolute Gasteiger partial charge is 0.387 e. The van der Waals surface area contributed by atoms with Crippen molar-refractivity contribution in [3.63, 3.8) is 0 Å². The van der Waals surface area contributed by atoms with Crippen LogP contribution in [0.3, 0.4) is 0 Å². The van der Waals surface area contributed by atoms with Crippen LogP contribution in [0.1, 0.15) is 30.9 Å². The summed E-state index contributed by atoms with van der Waals surface area (Å²) in [7, 11) is 0. The summed E-state index contributed by atoms with van der Waals surface area (Å²) in [5.74, 6) is 0. The molecule has 1 aliphatic heterocycles. The number of aromatic nitrogens is 1. The normalized spacial score (nSPS) is 19.0. The van der Waals surface area contributed by atoms with Gasteiger partial charge < -0.3 is 10.4 Å². The first-order valence-corrected chi connectivity index (χ1v) is 9.17. The lowest BCUT2D eigenvalue weighted by atomic mass is 9.92. The number of fused-ring (bicyclic) bond motifs is 1. The smallest absolute Gasteiger partial charge is 0.0950 e. The second-order valence-electron chi connectivity index (χ2n) is 6.63. The zero-order valence-electron chi connectivity index (χ0n) is 14.0. The fourth-order valence-corrected chi connectivity index (χ4v) is 3.76. The third-order valence-corrected chi connectivity index (χ3v) is 5.16. The fourth-order valence-electron chi connectivity index (χ4n) is 3.59. The number of nitrogens with zero attached hydrogens (tertiary/aromatic N) is 1. The van der Waals surface area contributed by atoms with Gasteiger partial charge in [0.15, 0.2) is 0 Å². The second-order valence-corrected chi connectivity index (χ2v) is 7.06. The molecule has 2 heterocycles. The zero-order chi connectivity index (χ0) is 17.2. The lowest BCUT2D eigenvalue weighted by molar-refractivity contribution is 0.115. The van der Waals surface area contributed by atoms with Crippen LogP contribution >= 0.6 is 11.6 Å². The molecule has 4 heteroatoms. The van der Waals surface area contributed by atoms with Crippen molar-refractivity contribution < 1.29 is 5.11 Å². The molecule has 0 unspecified atom stereocenters. The Morgan fingerprint density at radius 3 is 2.68 bits per heavy atom. The number of benzene rings is 2. The van der Waals surface area contributed by atoms with Gasteiger partial charge >= 0.3 is 0 Å². The number of halogens is 1. The molecular formula is C21H21ClN2O. The molecular weight excluding hydrogens is 332 g/mol. The van der Waals surface area contributed by atoms with Crippen molar-refractivity contribution in [1.29, 1.82) is 0 Å². The Hall–Kier alpha value is -1.94. The number of aliphatic hydroxyl groups is 1. The Balaban J connectivity index is 1.86. The highest BCUT2D eigenvalue weighted by Gasteiger charge is 2.25. The molecule has 1 aromatic heterocycles. The van der Waals surface area contributed by atoms with Gasteiger partial charge in [0.1, 0.15) is 0 Å². The molecule has 128 valence electrons. The highest BCUT2D eigenvalue weighted by molar-refractivity contribution is 6.31. The van der Waals surface area contributed by atoms with Crippen LogP contribution in [0.4, 0.5) is 0 Å². The van der Waals surface area contributed by atoms with Gasteiger partial charge in [-0.25, -0.2) is 4.98 Å². The van der Waals surface area contributed by atoms with Crippen molar-refractivity contribution in [3.05, 3.63) is 65.2 Å². The Kier molecular flexibility index (Phi) is 4.71. The first-order valence-electron chi connectivity index (χ1n) is 8.79. The molecule has 0 saturated carbocycles. The number of rotatable bonds is 3. The SMILES string of the molecule is O[C@@H](c1cc(-c2ccccc2)nc2ccc(Cl)cc12)[C@H]1CCCCN1. The maximum absolute atomic E-state index is 11.1. The maximum atomic E-state index is 11.1. The first kappa shape index (κ1) is 16.5. The molecule has 1 fully saturated rings. The van der Waals surface area contributed by atoms with Crippen molar-refractivity contribution in [3.8, 4) is 11.3 Å². The van der Waals surface area contributed by atoms with Crippen LogP contribution in [0.25, 0.3) is 22.2 Å². The Morgan fingerprint density at radius 1 is 1.08 bits per heavy atom. The van der Waals surface area contributed by atoms with E-state index in [4.69, 9.17) is 16.6 Å². The first-order chi connectivity index (χ1) is 12.2. The standard InChI is InChI=1S/C21H21ClN2O/c22-15-9-10-18-16(12-15)17(21(25)19-8-4-5-11-23-19)13-20(24-18)14-6-2-1-3-7-14/h1-3,6-7,9-10,12-13,19,21,23,25H,4-5,8,11H2/t19-,21+/m1/s1. The van der Waals surface area contributed by atoms with Gasteiger partial charge in [-0.05, 0) is 49.2 Å². The predicted molar refractivity (Wildman–Crippen MR) is 103 cm³/mol. The van der Waals surface area contributed by atoms with Gasteiger partial charge in [0.2, 0.25) is 0 Å². The van der Waals surface area contributed by atoms with E-state index in [9.17, 15) is 5.11 Å². The predicted octanol–water partition coefficient (Wildman–Crippen LogP) is 4.73. The minimum Gasteiger partial charge on any atom is -0.387 e. The number of hydrogen-bond donors (Lipinski definition) is 2. The molecule has 0 aliphatic carbocycles. The Morgan fingerprint density at radius 2 is 1.92 bits per heavy atom. The van der Waals surface area contributed by atoms with Gasteiger partial charge in [-0.15, -0.1) is 0 Å².